The molecule has 0 amide bonds. The largest absolute Gasteiger partial charge is 0.384 e. The molecular weight excluding hydrogens is 250 g/mol. The van der Waals surface area contributed by atoms with E-state index in [4.69, 9.17) is 5.73 Å². The van der Waals surface area contributed by atoms with Gasteiger partial charge in [0.25, 0.3) is 0 Å². The highest BCUT2D eigenvalue weighted by molar-refractivity contribution is 5.58. The van der Waals surface area contributed by atoms with Gasteiger partial charge in [-0.15, -0.1) is 0 Å². The van der Waals surface area contributed by atoms with Gasteiger partial charge in [-0.05, 0) is 12.1 Å². The van der Waals surface area contributed by atoms with Crippen LogP contribution in [0.4, 0.5) is 26.1 Å². The zero-order valence-corrected chi connectivity index (χ0v) is 10.6. The van der Waals surface area contributed by atoms with E-state index in [1.807, 2.05) is 13.8 Å². The maximum absolute atomic E-state index is 13.1. The Kier molecular flexibility index (Phi) is 3.59. The first kappa shape index (κ1) is 13.2. The third-order valence-corrected chi connectivity index (χ3v) is 2.41. The average Bonchev–Trinajstić information content (AvgIpc) is 2.26. The molecular formula is C13H14F2N4. The Labute approximate surface area is 109 Å². The molecule has 1 aromatic heterocycles. The maximum Gasteiger partial charge on any atom is 0.136 e. The molecule has 2 aromatic rings. The number of rotatable bonds is 3. The van der Waals surface area contributed by atoms with Crippen LogP contribution in [-0.2, 0) is 0 Å². The third kappa shape index (κ3) is 3.37. The van der Waals surface area contributed by atoms with E-state index in [0.29, 0.717) is 17.5 Å². The zero-order chi connectivity index (χ0) is 14.0. The Balaban J connectivity index is 2.32. The van der Waals surface area contributed by atoms with E-state index in [1.54, 1.807) is 0 Å². The third-order valence-electron chi connectivity index (χ3n) is 2.41. The fourth-order valence-corrected chi connectivity index (χ4v) is 1.58. The second kappa shape index (κ2) is 5.17. The minimum atomic E-state index is -0.659. The minimum absolute atomic E-state index is 0.105. The van der Waals surface area contributed by atoms with E-state index >= 15 is 0 Å². The molecule has 2 rings (SSSR count). The van der Waals surface area contributed by atoms with Gasteiger partial charge >= 0.3 is 0 Å². The minimum Gasteiger partial charge on any atom is -0.384 e. The van der Waals surface area contributed by atoms with Crippen LogP contribution in [0.2, 0.25) is 0 Å². The van der Waals surface area contributed by atoms with Crippen molar-refractivity contribution in [3.05, 3.63) is 41.7 Å². The molecule has 0 aliphatic rings. The van der Waals surface area contributed by atoms with E-state index in [1.165, 1.54) is 18.2 Å². The summed E-state index contributed by atoms with van der Waals surface area (Å²) < 4.78 is 26.2. The first-order chi connectivity index (χ1) is 8.94. The molecule has 100 valence electrons. The van der Waals surface area contributed by atoms with Crippen LogP contribution in [0.5, 0.6) is 0 Å². The lowest BCUT2D eigenvalue weighted by Crippen LogP contribution is -2.05. The van der Waals surface area contributed by atoms with E-state index in [2.05, 4.69) is 15.3 Å². The Bertz CT molecular complexity index is 579. The lowest BCUT2D eigenvalue weighted by molar-refractivity contribution is 0.584. The van der Waals surface area contributed by atoms with E-state index in [9.17, 15) is 8.78 Å². The molecule has 0 saturated heterocycles. The van der Waals surface area contributed by atoms with Crippen LogP contribution in [0.3, 0.4) is 0 Å². The highest BCUT2D eigenvalue weighted by atomic mass is 19.1. The summed E-state index contributed by atoms with van der Waals surface area (Å²) in [6, 6.07) is 4.67. The smallest absolute Gasteiger partial charge is 0.136 e. The number of aromatic nitrogens is 2. The van der Waals surface area contributed by atoms with Gasteiger partial charge in [-0.25, -0.2) is 18.7 Å². The Morgan fingerprint density at radius 3 is 2.26 bits per heavy atom. The van der Waals surface area contributed by atoms with Gasteiger partial charge in [0.1, 0.15) is 29.1 Å². The van der Waals surface area contributed by atoms with Gasteiger partial charge in [-0.3, -0.25) is 0 Å². The van der Waals surface area contributed by atoms with Crippen LogP contribution >= 0.6 is 0 Å². The molecule has 1 heterocycles. The van der Waals surface area contributed by atoms with Crippen LogP contribution in [0.15, 0.2) is 24.3 Å². The fraction of sp³-hybridized carbons (Fsp3) is 0.231. The molecule has 1 aromatic carbocycles. The summed E-state index contributed by atoms with van der Waals surface area (Å²) in [6.07, 6.45) is 0. The van der Waals surface area contributed by atoms with Crippen LogP contribution < -0.4 is 11.1 Å². The van der Waals surface area contributed by atoms with Crippen molar-refractivity contribution in [2.75, 3.05) is 11.1 Å². The van der Waals surface area contributed by atoms with Gasteiger partial charge in [0.05, 0.1) is 0 Å². The normalized spacial score (nSPS) is 10.8. The number of nitrogens with one attached hydrogen (secondary N) is 1. The van der Waals surface area contributed by atoms with Gasteiger partial charge in [0.2, 0.25) is 0 Å². The van der Waals surface area contributed by atoms with Crippen molar-refractivity contribution >= 4 is 17.3 Å². The molecule has 4 nitrogen and oxygen atoms in total. The van der Waals surface area contributed by atoms with Crippen LogP contribution in [0.1, 0.15) is 25.6 Å². The lowest BCUT2D eigenvalue weighted by atomic mass is 10.2. The summed E-state index contributed by atoms with van der Waals surface area (Å²) in [5.41, 5.74) is 5.94. The van der Waals surface area contributed by atoms with E-state index < -0.39 is 11.6 Å². The second-order valence-electron chi connectivity index (χ2n) is 4.47. The zero-order valence-electron chi connectivity index (χ0n) is 10.6. The fourth-order valence-electron chi connectivity index (χ4n) is 1.58. The molecule has 19 heavy (non-hydrogen) atoms. The second-order valence-corrected chi connectivity index (χ2v) is 4.47. The van der Waals surface area contributed by atoms with Crippen molar-refractivity contribution in [2.45, 2.75) is 19.8 Å². The van der Waals surface area contributed by atoms with Gasteiger partial charge in [-0.2, -0.15) is 0 Å². The predicted octanol–water partition coefficient (Wildman–Crippen LogP) is 3.20. The molecule has 0 spiro atoms. The van der Waals surface area contributed by atoms with Gasteiger partial charge in [0.15, 0.2) is 0 Å². The summed E-state index contributed by atoms with van der Waals surface area (Å²) in [5.74, 6) is 0.0640. The standard InChI is InChI=1S/C13H14F2N4/c1-7(2)13-18-11(16)6-12(19-13)17-10-4-8(14)3-9(15)5-10/h3-7H,1-2H3,(H3,16,17,18,19). The molecule has 0 atom stereocenters. The number of nitrogens with two attached hydrogens (primary N) is 1. The van der Waals surface area contributed by atoms with Crippen molar-refractivity contribution in [1.29, 1.82) is 0 Å². The highest BCUT2D eigenvalue weighted by Gasteiger charge is 2.08. The number of hydrogen-bond donors (Lipinski definition) is 2. The average molecular weight is 264 g/mol. The van der Waals surface area contributed by atoms with Gasteiger partial charge < -0.3 is 11.1 Å². The summed E-state index contributed by atoms with van der Waals surface area (Å²) in [7, 11) is 0. The molecule has 0 aliphatic heterocycles. The monoisotopic (exact) mass is 264 g/mol. The number of benzene rings is 1. The summed E-state index contributed by atoms with van der Waals surface area (Å²) in [5, 5.41) is 2.81. The molecule has 3 N–H and O–H groups in total. The maximum atomic E-state index is 13.1. The topological polar surface area (TPSA) is 63.8 Å². The molecule has 0 fully saturated rings. The predicted molar refractivity (Wildman–Crippen MR) is 70.2 cm³/mol. The number of nitrogen functional groups attached to an aromatic ring is 1. The molecule has 0 bridgehead atoms. The first-order valence-electron chi connectivity index (χ1n) is 5.81. The molecule has 6 heteroatoms. The Morgan fingerprint density at radius 1 is 1.05 bits per heavy atom. The SMILES string of the molecule is CC(C)c1nc(N)cc(Nc2cc(F)cc(F)c2)n1. The van der Waals surface area contributed by atoms with E-state index in [-0.39, 0.29) is 11.6 Å². The van der Waals surface area contributed by atoms with Crippen LogP contribution in [-0.4, -0.2) is 9.97 Å². The molecule has 0 aliphatic carbocycles. The van der Waals surface area contributed by atoms with Gasteiger partial charge in [-0.1, -0.05) is 13.8 Å². The quantitative estimate of drug-likeness (QED) is 0.893. The first-order valence-corrected chi connectivity index (χ1v) is 5.81. The highest BCUT2D eigenvalue weighted by Crippen LogP contribution is 2.20. The summed E-state index contributed by atoms with van der Waals surface area (Å²) in [6.45, 7) is 3.86. The van der Waals surface area contributed by atoms with Crippen molar-refractivity contribution in [3.63, 3.8) is 0 Å². The number of anilines is 3. The Morgan fingerprint density at radius 2 is 1.68 bits per heavy atom. The lowest BCUT2D eigenvalue weighted by Gasteiger charge is -2.10. The van der Waals surface area contributed by atoms with Crippen molar-refractivity contribution in [2.24, 2.45) is 0 Å². The van der Waals surface area contributed by atoms with Crippen molar-refractivity contribution in [1.82, 2.24) is 9.97 Å². The van der Waals surface area contributed by atoms with Crippen LogP contribution in [0.25, 0.3) is 0 Å². The number of hydrogen-bond acceptors (Lipinski definition) is 4. The number of halogens is 2. The summed E-state index contributed by atoms with van der Waals surface area (Å²) >= 11 is 0. The van der Waals surface area contributed by atoms with E-state index in [0.717, 1.165) is 6.07 Å². The van der Waals surface area contributed by atoms with Crippen molar-refractivity contribution < 1.29 is 8.78 Å². The molecule has 0 unspecified atom stereocenters. The number of nitrogens with zero attached hydrogens (tertiary/aromatic N) is 2. The summed E-state index contributed by atoms with van der Waals surface area (Å²) in [4.78, 5) is 8.33. The Hall–Kier alpha value is -2.24. The molecule has 0 radical (unpaired) electrons. The van der Waals surface area contributed by atoms with Gasteiger partial charge in [0, 0.05) is 23.7 Å². The van der Waals surface area contributed by atoms with Crippen molar-refractivity contribution in [3.8, 4) is 0 Å². The molecule has 0 saturated carbocycles. The van der Waals surface area contributed by atoms with Crippen LogP contribution in [0, 0.1) is 11.6 Å².